The van der Waals surface area contributed by atoms with E-state index in [1.54, 1.807) is 35.4 Å². The highest BCUT2D eigenvalue weighted by atomic mass is 32.2. The fourth-order valence-corrected chi connectivity index (χ4v) is 6.52. The molecule has 42 heavy (non-hydrogen) atoms. The number of benzene rings is 3. The van der Waals surface area contributed by atoms with Crippen LogP contribution in [-0.4, -0.2) is 41.6 Å². The Kier molecular flexibility index (Phi) is 8.99. The van der Waals surface area contributed by atoms with E-state index in [1.165, 1.54) is 11.3 Å². The number of rotatable bonds is 9. The van der Waals surface area contributed by atoms with E-state index in [4.69, 9.17) is 9.73 Å². The van der Waals surface area contributed by atoms with E-state index >= 15 is 0 Å². The Balaban J connectivity index is 1.75. The third kappa shape index (κ3) is 5.67. The minimum Gasteiger partial charge on any atom is -0.507 e. The molecule has 9 heteroatoms. The Morgan fingerprint density at radius 1 is 1.07 bits per heavy atom. The van der Waals surface area contributed by atoms with Crippen molar-refractivity contribution in [2.24, 2.45) is 4.99 Å². The third-order valence-corrected chi connectivity index (χ3v) is 8.96. The number of fused-ring (bicyclic) bond motifs is 1. The van der Waals surface area contributed by atoms with Crippen molar-refractivity contribution in [3.8, 4) is 5.75 Å². The molecule has 0 bridgehead atoms. The first-order chi connectivity index (χ1) is 20.4. The number of thioether (sulfide) groups is 1. The summed E-state index contributed by atoms with van der Waals surface area (Å²) in [7, 11) is 0. The molecule has 0 aliphatic carbocycles. The zero-order valence-corrected chi connectivity index (χ0v) is 25.7. The van der Waals surface area contributed by atoms with Crippen LogP contribution in [-0.2, 0) is 9.53 Å². The van der Waals surface area contributed by atoms with E-state index in [-0.39, 0.29) is 17.9 Å². The van der Waals surface area contributed by atoms with E-state index in [9.17, 15) is 14.7 Å². The second-order valence-corrected chi connectivity index (χ2v) is 11.5. The number of nitrogens with zero attached hydrogens (tertiary/aromatic N) is 3. The topological polar surface area (TPSA) is 84.1 Å². The molecule has 1 atom stereocenters. The zero-order chi connectivity index (χ0) is 29.8. The molecule has 1 aliphatic heterocycles. The van der Waals surface area contributed by atoms with Crippen LogP contribution in [0.25, 0.3) is 11.8 Å². The highest BCUT2D eigenvalue weighted by Gasteiger charge is 2.35. The number of thiazole rings is 1. The summed E-state index contributed by atoms with van der Waals surface area (Å²) in [5.41, 5.74) is 3.48. The van der Waals surface area contributed by atoms with Crippen LogP contribution in [0.1, 0.15) is 43.5 Å². The van der Waals surface area contributed by atoms with Gasteiger partial charge in [-0.05, 0) is 62.9 Å². The van der Waals surface area contributed by atoms with Crippen molar-refractivity contribution in [3.05, 3.63) is 115 Å². The van der Waals surface area contributed by atoms with Crippen LogP contribution in [0, 0.1) is 0 Å². The summed E-state index contributed by atoms with van der Waals surface area (Å²) in [5.74, 6) is -0.426. The molecule has 0 fully saturated rings. The summed E-state index contributed by atoms with van der Waals surface area (Å²) < 4.78 is 7.51. The normalized spacial score (nSPS) is 14.9. The zero-order valence-electron chi connectivity index (χ0n) is 24.0. The molecule has 0 amide bonds. The summed E-state index contributed by atoms with van der Waals surface area (Å²) in [5, 5.41) is 10.9. The predicted molar refractivity (Wildman–Crippen MR) is 171 cm³/mol. The Morgan fingerprint density at radius 2 is 1.79 bits per heavy atom. The van der Waals surface area contributed by atoms with Gasteiger partial charge in [0.05, 0.1) is 28.5 Å². The van der Waals surface area contributed by atoms with Crippen molar-refractivity contribution in [2.75, 3.05) is 30.9 Å². The van der Waals surface area contributed by atoms with Gasteiger partial charge in [0.1, 0.15) is 5.75 Å². The van der Waals surface area contributed by atoms with Crippen LogP contribution in [0.2, 0.25) is 0 Å². The lowest BCUT2D eigenvalue weighted by atomic mass is 9.93. The largest absolute Gasteiger partial charge is 0.507 e. The van der Waals surface area contributed by atoms with Crippen LogP contribution in [0.4, 0.5) is 5.69 Å². The van der Waals surface area contributed by atoms with Crippen LogP contribution in [0.3, 0.4) is 0 Å². The van der Waals surface area contributed by atoms with Crippen LogP contribution in [0.5, 0.6) is 5.75 Å². The molecule has 0 saturated heterocycles. The number of hydrogen-bond acceptors (Lipinski definition) is 8. The number of aromatic nitrogens is 1. The molecule has 2 heterocycles. The second kappa shape index (κ2) is 12.8. The van der Waals surface area contributed by atoms with E-state index in [0.29, 0.717) is 26.2 Å². The molecular formula is C33H33N3O4S2. The number of phenolic OH excluding ortho intramolecular Hbond substituents is 1. The lowest BCUT2D eigenvalue weighted by molar-refractivity contribution is -0.138. The number of ether oxygens (including phenoxy) is 1. The summed E-state index contributed by atoms with van der Waals surface area (Å²) in [6, 6.07) is 22.1. The maximum Gasteiger partial charge on any atom is 0.338 e. The average Bonchev–Trinajstić information content (AvgIpc) is 3.33. The van der Waals surface area contributed by atoms with Gasteiger partial charge in [0.25, 0.3) is 5.56 Å². The molecule has 7 nitrogen and oxygen atoms in total. The van der Waals surface area contributed by atoms with Gasteiger partial charge in [0.15, 0.2) is 4.80 Å². The van der Waals surface area contributed by atoms with E-state index < -0.39 is 12.0 Å². The third-order valence-electron chi connectivity index (χ3n) is 7.23. The van der Waals surface area contributed by atoms with Gasteiger partial charge < -0.3 is 14.7 Å². The molecule has 5 rings (SSSR count). The van der Waals surface area contributed by atoms with Crippen molar-refractivity contribution in [1.82, 2.24) is 4.57 Å². The summed E-state index contributed by atoms with van der Waals surface area (Å²) in [4.78, 5) is 36.2. The number of phenols is 1. The Morgan fingerprint density at radius 3 is 2.40 bits per heavy atom. The Bertz CT molecular complexity index is 1800. The second-order valence-electron chi connectivity index (χ2n) is 9.62. The monoisotopic (exact) mass is 599 g/mol. The number of esters is 1. The molecular weight excluding hydrogens is 567 g/mol. The minimum atomic E-state index is -0.743. The number of anilines is 1. The number of carbonyl (C=O) groups excluding carboxylic acids is 1. The molecule has 0 saturated carbocycles. The van der Waals surface area contributed by atoms with Gasteiger partial charge in [-0.15, -0.1) is 11.8 Å². The van der Waals surface area contributed by atoms with Crippen LogP contribution in [0.15, 0.2) is 93.1 Å². The molecule has 216 valence electrons. The van der Waals surface area contributed by atoms with Gasteiger partial charge in [-0.25, -0.2) is 9.79 Å². The highest BCUT2D eigenvalue weighted by Crippen LogP contribution is 2.35. The van der Waals surface area contributed by atoms with Crippen molar-refractivity contribution in [1.29, 1.82) is 0 Å². The van der Waals surface area contributed by atoms with Crippen molar-refractivity contribution >= 4 is 46.5 Å². The maximum atomic E-state index is 14.1. The van der Waals surface area contributed by atoms with Crippen LogP contribution < -0.4 is 19.8 Å². The number of hydrogen-bond donors (Lipinski definition) is 1. The first kappa shape index (κ1) is 29.4. The molecule has 1 aromatic heterocycles. The van der Waals surface area contributed by atoms with E-state index in [2.05, 4.69) is 18.7 Å². The van der Waals surface area contributed by atoms with Gasteiger partial charge in [0.2, 0.25) is 0 Å². The molecule has 0 radical (unpaired) electrons. The molecule has 1 aliphatic rings. The van der Waals surface area contributed by atoms with Gasteiger partial charge in [0, 0.05) is 40.9 Å². The van der Waals surface area contributed by atoms with Gasteiger partial charge in [-0.1, -0.05) is 53.8 Å². The fraction of sp³-hybridized carbons (Fsp3) is 0.242. The number of carbonyl (C=O) groups is 1. The number of aromatic hydroxyl groups is 1. The van der Waals surface area contributed by atoms with Gasteiger partial charge in [-0.3, -0.25) is 9.36 Å². The molecule has 0 unspecified atom stereocenters. The Labute approximate surface area is 253 Å². The molecule has 1 N–H and O–H groups in total. The SMILES string of the molecule is CCOC(=O)C1=C(c2ccccc2)N=c2s/c(=C\c3ccc(N(CC)CC)cc3O)c(=O)n2[C@H]1c1ccc(SC)cc1. The average molecular weight is 600 g/mol. The standard InChI is InChI=1S/C33H33N3O4S2/c1-5-35(6-2)24-16-13-23(26(37)20-24)19-27-31(38)36-30(22-14-17-25(41-4)18-15-22)28(32(39)40-7-3)29(34-33(36)42-27)21-11-9-8-10-12-21/h8-20,30,37H,5-7H2,1-4H3/b27-19-/t30-/m0/s1. The first-order valence-corrected chi connectivity index (χ1v) is 15.9. The minimum absolute atomic E-state index is 0.0895. The molecule has 4 aromatic rings. The maximum absolute atomic E-state index is 14.1. The lowest BCUT2D eigenvalue weighted by Gasteiger charge is -2.26. The highest BCUT2D eigenvalue weighted by molar-refractivity contribution is 7.98. The van der Waals surface area contributed by atoms with Crippen molar-refractivity contribution < 1.29 is 14.6 Å². The lowest BCUT2D eigenvalue weighted by Crippen LogP contribution is -2.40. The predicted octanol–water partition coefficient (Wildman–Crippen LogP) is 5.21. The molecule has 0 spiro atoms. The van der Waals surface area contributed by atoms with Crippen LogP contribution >= 0.6 is 23.1 Å². The first-order valence-electron chi connectivity index (χ1n) is 13.9. The van der Waals surface area contributed by atoms with Gasteiger partial charge in [-0.2, -0.15) is 0 Å². The Hall–Kier alpha value is -4.08. The summed E-state index contributed by atoms with van der Waals surface area (Å²) in [6.45, 7) is 7.71. The van der Waals surface area contributed by atoms with E-state index in [0.717, 1.165) is 34.8 Å². The summed E-state index contributed by atoms with van der Waals surface area (Å²) in [6.07, 6.45) is 3.69. The smallest absolute Gasteiger partial charge is 0.338 e. The van der Waals surface area contributed by atoms with Gasteiger partial charge >= 0.3 is 5.97 Å². The quantitative estimate of drug-likeness (QED) is 0.210. The summed E-state index contributed by atoms with van der Waals surface area (Å²) >= 11 is 2.85. The molecule has 3 aromatic carbocycles. The van der Waals surface area contributed by atoms with Crippen molar-refractivity contribution in [2.45, 2.75) is 31.7 Å². The fourth-order valence-electron chi connectivity index (χ4n) is 5.12. The van der Waals surface area contributed by atoms with Crippen molar-refractivity contribution in [3.63, 3.8) is 0 Å². The van der Waals surface area contributed by atoms with E-state index in [1.807, 2.05) is 73.0 Å².